The lowest BCUT2D eigenvalue weighted by Crippen LogP contribution is -2.35. The topological polar surface area (TPSA) is 32.8 Å². The van der Waals surface area contributed by atoms with Crippen LogP contribution in [-0.2, 0) is 4.79 Å². The van der Waals surface area contributed by atoms with Crippen LogP contribution in [0.1, 0.15) is 25.7 Å². The quantitative estimate of drug-likeness (QED) is 0.689. The normalized spacial score (nSPS) is 14.8. The molecule has 0 N–H and O–H groups in total. The van der Waals surface area contributed by atoms with E-state index in [1.165, 1.54) is 31.3 Å². The van der Waals surface area contributed by atoms with Crippen molar-refractivity contribution >= 4 is 16.7 Å². The van der Waals surface area contributed by atoms with Crippen molar-refractivity contribution in [1.82, 2.24) is 9.80 Å². The van der Waals surface area contributed by atoms with Crippen molar-refractivity contribution in [2.75, 3.05) is 39.8 Å². The summed E-state index contributed by atoms with van der Waals surface area (Å²) in [6, 6.07) is 14.3. The molecule has 2 aromatic rings. The zero-order valence-corrected chi connectivity index (χ0v) is 15.1. The summed E-state index contributed by atoms with van der Waals surface area (Å²) < 4.78 is 5.91. The summed E-state index contributed by atoms with van der Waals surface area (Å²) in [5, 5.41) is 2.30. The predicted molar refractivity (Wildman–Crippen MR) is 102 cm³/mol. The van der Waals surface area contributed by atoms with Crippen molar-refractivity contribution < 1.29 is 9.53 Å². The first-order valence-corrected chi connectivity index (χ1v) is 9.31. The van der Waals surface area contributed by atoms with Crippen LogP contribution in [0, 0.1) is 0 Å². The van der Waals surface area contributed by atoms with Gasteiger partial charge in [-0.05, 0) is 43.8 Å². The molecule has 1 amide bonds. The van der Waals surface area contributed by atoms with E-state index in [9.17, 15) is 4.79 Å². The molecule has 2 aromatic carbocycles. The lowest BCUT2D eigenvalue weighted by atomic mass is 10.1. The number of hydrogen-bond acceptors (Lipinski definition) is 3. The van der Waals surface area contributed by atoms with E-state index in [4.69, 9.17) is 4.74 Å². The maximum atomic E-state index is 12.2. The van der Waals surface area contributed by atoms with Crippen molar-refractivity contribution in [2.45, 2.75) is 25.7 Å². The number of nitrogens with zero attached hydrogens (tertiary/aromatic N) is 2. The molecule has 0 radical (unpaired) electrons. The van der Waals surface area contributed by atoms with Crippen molar-refractivity contribution in [3.8, 4) is 5.75 Å². The molecule has 0 unspecified atom stereocenters. The minimum atomic E-state index is 0.209. The number of carbonyl (C=O) groups excluding carboxylic acids is 1. The van der Waals surface area contributed by atoms with Gasteiger partial charge in [0.05, 0.1) is 6.61 Å². The highest BCUT2D eigenvalue weighted by molar-refractivity contribution is 5.88. The molecule has 0 saturated carbocycles. The van der Waals surface area contributed by atoms with Crippen LogP contribution in [0.25, 0.3) is 10.8 Å². The summed E-state index contributed by atoms with van der Waals surface area (Å²) >= 11 is 0. The van der Waals surface area contributed by atoms with E-state index in [1.807, 2.05) is 36.2 Å². The monoisotopic (exact) mass is 340 g/mol. The molecule has 0 atom stereocenters. The van der Waals surface area contributed by atoms with Gasteiger partial charge in [0.1, 0.15) is 5.75 Å². The van der Waals surface area contributed by atoms with E-state index in [2.05, 4.69) is 23.1 Å². The third kappa shape index (κ3) is 4.95. The smallest absolute Gasteiger partial charge is 0.222 e. The fraction of sp³-hybridized carbons (Fsp3) is 0.476. The summed E-state index contributed by atoms with van der Waals surface area (Å²) in [6.45, 7) is 4.75. The third-order valence-corrected chi connectivity index (χ3v) is 4.92. The largest absolute Gasteiger partial charge is 0.493 e. The Morgan fingerprint density at radius 3 is 2.72 bits per heavy atom. The summed E-state index contributed by atoms with van der Waals surface area (Å²) in [5.74, 6) is 1.11. The van der Waals surface area contributed by atoms with Gasteiger partial charge in [0, 0.05) is 31.9 Å². The van der Waals surface area contributed by atoms with Crippen LogP contribution in [0.15, 0.2) is 42.5 Å². The zero-order valence-electron chi connectivity index (χ0n) is 15.1. The third-order valence-electron chi connectivity index (χ3n) is 4.92. The molecule has 1 aliphatic rings. The zero-order chi connectivity index (χ0) is 17.5. The maximum Gasteiger partial charge on any atom is 0.222 e. The average molecular weight is 340 g/mol. The lowest BCUT2D eigenvalue weighted by molar-refractivity contribution is -0.130. The number of fused-ring (bicyclic) bond motifs is 1. The average Bonchev–Trinajstić information content (AvgIpc) is 3.16. The van der Waals surface area contributed by atoms with Crippen LogP contribution in [0.5, 0.6) is 5.75 Å². The highest BCUT2D eigenvalue weighted by Gasteiger charge is 2.14. The number of likely N-dealkylation sites (N-methyl/N-ethyl adjacent to an activating group) is 1. The Labute approximate surface area is 150 Å². The van der Waals surface area contributed by atoms with Crippen molar-refractivity contribution in [1.29, 1.82) is 0 Å². The molecular weight excluding hydrogens is 312 g/mol. The molecule has 1 heterocycles. The van der Waals surface area contributed by atoms with Crippen molar-refractivity contribution in [3.05, 3.63) is 42.5 Å². The van der Waals surface area contributed by atoms with Gasteiger partial charge in [-0.15, -0.1) is 0 Å². The molecule has 3 rings (SSSR count). The summed E-state index contributed by atoms with van der Waals surface area (Å²) in [4.78, 5) is 16.5. The van der Waals surface area contributed by atoms with Crippen molar-refractivity contribution in [3.63, 3.8) is 0 Å². The summed E-state index contributed by atoms with van der Waals surface area (Å²) in [6.07, 6.45) is 3.88. The first-order chi connectivity index (χ1) is 12.2. The second kappa shape index (κ2) is 8.86. The second-order valence-corrected chi connectivity index (χ2v) is 6.79. The van der Waals surface area contributed by atoms with Gasteiger partial charge in [-0.2, -0.15) is 0 Å². The summed E-state index contributed by atoms with van der Waals surface area (Å²) in [5.41, 5.74) is 0. The van der Waals surface area contributed by atoms with Gasteiger partial charge in [-0.25, -0.2) is 0 Å². The lowest BCUT2D eigenvalue weighted by Gasteiger charge is -2.21. The minimum Gasteiger partial charge on any atom is -0.493 e. The van der Waals surface area contributed by atoms with Gasteiger partial charge < -0.3 is 14.5 Å². The first-order valence-electron chi connectivity index (χ1n) is 9.31. The molecule has 0 spiro atoms. The van der Waals surface area contributed by atoms with Crippen LogP contribution in [-0.4, -0.2) is 55.5 Å². The van der Waals surface area contributed by atoms with Gasteiger partial charge in [0.25, 0.3) is 0 Å². The Morgan fingerprint density at radius 1 is 1.12 bits per heavy atom. The van der Waals surface area contributed by atoms with Crippen LogP contribution >= 0.6 is 0 Å². The Morgan fingerprint density at radius 2 is 1.88 bits per heavy atom. The molecule has 0 aromatic heterocycles. The molecule has 4 heteroatoms. The van der Waals surface area contributed by atoms with Crippen LogP contribution < -0.4 is 4.74 Å². The molecule has 25 heavy (non-hydrogen) atoms. The van der Waals surface area contributed by atoms with Crippen LogP contribution in [0.2, 0.25) is 0 Å². The minimum absolute atomic E-state index is 0.209. The molecule has 1 aliphatic heterocycles. The van der Waals surface area contributed by atoms with Gasteiger partial charge in [-0.1, -0.05) is 36.4 Å². The van der Waals surface area contributed by atoms with Crippen molar-refractivity contribution in [2.24, 2.45) is 0 Å². The highest BCUT2D eigenvalue weighted by Crippen LogP contribution is 2.25. The number of amides is 1. The number of benzene rings is 2. The van der Waals surface area contributed by atoms with Crippen LogP contribution in [0.4, 0.5) is 0 Å². The van der Waals surface area contributed by atoms with Gasteiger partial charge in [-0.3, -0.25) is 4.79 Å². The number of rotatable bonds is 8. The molecule has 0 bridgehead atoms. The van der Waals surface area contributed by atoms with Gasteiger partial charge >= 0.3 is 0 Å². The molecular formula is C21H28N2O2. The SMILES string of the molecule is CN(CCN1CCCC1)C(=O)CCCOc1cccc2ccccc12. The van der Waals surface area contributed by atoms with E-state index in [1.54, 1.807) is 0 Å². The second-order valence-electron chi connectivity index (χ2n) is 6.79. The highest BCUT2D eigenvalue weighted by atomic mass is 16.5. The van der Waals surface area contributed by atoms with E-state index >= 15 is 0 Å². The van der Waals surface area contributed by atoms with E-state index < -0.39 is 0 Å². The first kappa shape index (κ1) is 17.7. The Hall–Kier alpha value is -2.07. The molecule has 4 nitrogen and oxygen atoms in total. The fourth-order valence-corrected chi connectivity index (χ4v) is 3.34. The number of hydrogen-bond donors (Lipinski definition) is 0. The Kier molecular flexibility index (Phi) is 6.29. The fourth-order valence-electron chi connectivity index (χ4n) is 3.34. The van der Waals surface area contributed by atoms with Crippen LogP contribution in [0.3, 0.4) is 0 Å². The van der Waals surface area contributed by atoms with E-state index in [0.717, 1.165) is 30.6 Å². The molecule has 0 aliphatic carbocycles. The number of likely N-dealkylation sites (tertiary alicyclic amines) is 1. The van der Waals surface area contributed by atoms with E-state index in [0.29, 0.717) is 13.0 Å². The molecule has 1 saturated heterocycles. The standard InChI is InChI=1S/C21H28N2O2/c1-22(15-16-23-13-4-5-14-23)21(24)12-7-17-25-20-11-6-9-18-8-2-3-10-19(18)20/h2-3,6,8-11H,4-5,7,12-17H2,1H3. The molecule has 134 valence electrons. The van der Waals surface area contributed by atoms with Gasteiger partial charge in [0.15, 0.2) is 0 Å². The number of ether oxygens (including phenoxy) is 1. The maximum absolute atomic E-state index is 12.2. The van der Waals surface area contributed by atoms with E-state index in [-0.39, 0.29) is 5.91 Å². The predicted octanol–water partition coefficient (Wildman–Crippen LogP) is 3.55. The Bertz CT molecular complexity index is 690. The summed E-state index contributed by atoms with van der Waals surface area (Å²) in [7, 11) is 1.91. The van der Waals surface area contributed by atoms with Gasteiger partial charge in [0.2, 0.25) is 5.91 Å². The Balaban J connectivity index is 1.39. The molecule has 1 fully saturated rings. The number of carbonyl (C=O) groups is 1.